The summed E-state index contributed by atoms with van der Waals surface area (Å²) >= 11 is 5.81. The van der Waals surface area contributed by atoms with Crippen molar-refractivity contribution in [2.75, 3.05) is 13.2 Å². The highest BCUT2D eigenvalue weighted by Crippen LogP contribution is 2.27. The molecule has 0 radical (unpaired) electrons. The molecule has 0 atom stereocenters. The van der Waals surface area contributed by atoms with Crippen molar-refractivity contribution in [2.45, 2.75) is 11.3 Å². The normalized spacial score (nSPS) is 16.9. The van der Waals surface area contributed by atoms with E-state index in [2.05, 4.69) is 0 Å². The fourth-order valence-corrected chi connectivity index (χ4v) is 3.36. The van der Waals surface area contributed by atoms with E-state index in [1.165, 1.54) is 12.1 Å². The van der Waals surface area contributed by atoms with Crippen molar-refractivity contribution < 1.29 is 23.2 Å². The molecule has 1 heterocycles. The van der Waals surface area contributed by atoms with Crippen molar-refractivity contribution in [1.29, 1.82) is 0 Å². The van der Waals surface area contributed by atoms with Crippen LogP contribution in [0, 0.1) is 0 Å². The van der Waals surface area contributed by atoms with Gasteiger partial charge in [-0.2, -0.15) is 0 Å². The Morgan fingerprint density at radius 2 is 2.17 bits per heavy atom. The highest BCUT2D eigenvalue weighted by atomic mass is 35.5. The van der Waals surface area contributed by atoms with E-state index < -0.39 is 16.0 Å². The average molecular weight is 292 g/mol. The second-order valence-electron chi connectivity index (χ2n) is 3.67. The predicted octanol–water partition coefficient (Wildman–Crippen LogP) is 1.36. The molecule has 1 aliphatic heterocycles. The average Bonchev–Trinajstić information content (AvgIpc) is 2.82. The predicted molar refractivity (Wildman–Crippen MR) is 62.9 cm³/mol. The van der Waals surface area contributed by atoms with Crippen molar-refractivity contribution in [3.8, 4) is 0 Å². The van der Waals surface area contributed by atoms with Gasteiger partial charge in [0.05, 0.1) is 17.2 Å². The molecule has 1 fully saturated rings. The number of carbonyl (C=O) groups is 1. The van der Waals surface area contributed by atoms with Crippen LogP contribution in [0.2, 0.25) is 5.02 Å². The van der Waals surface area contributed by atoms with Crippen molar-refractivity contribution in [3.63, 3.8) is 0 Å². The molecule has 18 heavy (non-hydrogen) atoms. The van der Waals surface area contributed by atoms with Crippen LogP contribution in [0.4, 0.5) is 0 Å². The maximum Gasteiger partial charge on any atom is 0.335 e. The molecule has 0 aliphatic carbocycles. The molecule has 1 N–H and O–H groups in total. The van der Waals surface area contributed by atoms with Crippen LogP contribution < -0.4 is 0 Å². The Labute approximate surface area is 109 Å². The first kappa shape index (κ1) is 13.3. The standard InChI is InChI=1S/C10H10ClNO5S/c11-8-3-2-7(10(13)14)6-9(8)18(15,16)12-4-1-5-17-12/h2-3,6H,1,4-5H2,(H,13,14). The summed E-state index contributed by atoms with van der Waals surface area (Å²) < 4.78 is 25.1. The Morgan fingerprint density at radius 3 is 2.72 bits per heavy atom. The number of hydroxylamine groups is 1. The summed E-state index contributed by atoms with van der Waals surface area (Å²) in [5, 5.41) is 8.82. The van der Waals surface area contributed by atoms with Gasteiger partial charge in [-0.3, -0.25) is 4.84 Å². The summed E-state index contributed by atoms with van der Waals surface area (Å²) in [4.78, 5) is 15.5. The van der Waals surface area contributed by atoms with Crippen LogP contribution in [0.5, 0.6) is 0 Å². The van der Waals surface area contributed by atoms with Gasteiger partial charge in [-0.25, -0.2) is 13.2 Å². The molecular formula is C10H10ClNO5S. The van der Waals surface area contributed by atoms with Gasteiger partial charge in [-0.15, -0.1) is 0 Å². The van der Waals surface area contributed by atoms with Crippen molar-refractivity contribution in [1.82, 2.24) is 4.47 Å². The second kappa shape index (κ2) is 4.85. The van der Waals surface area contributed by atoms with Crippen LogP contribution in [0.1, 0.15) is 16.8 Å². The van der Waals surface area contributed by atoms with E-state index in [0.717, 1.165) is 10.5 Å². The Morgan fingerprint density at radius 1 is 1.44 bits per heavy atom. The molecule has 0 bridgehead atoms. The van der Waals surface area contributed by atoms with Crippen LogP contribution in [0.15, 0.2) is 23.1 Å². The molecule has 98 valence electrons. The molecule has 8 heteroatoms. The molecule has 0 aromatic heterocycles. The lowest BCUT2D eigenvalue weighted by Crippen LogP contribution is -2.27. The van der Waals surface area contributed by atoms with Crippen LogP contribution in [-0.4, -0.2) is 37.1 Å². The lowest BCUT2D eigenvalue weighted by atomic mass is 10.2. The van der Waals surface area contributed by atoms with Crippen LogP contribution in [0.3, 0.4) is 0 Å². The molecule has 0 saturated carbocycles. The number of sulfonamides is 1. The quantitative estimate of drug-likeness (QED) is 0.909. The second-order valence-corrected chi connectivity index (χ2v) is 5.87. The number of benzene rings is 1. The SMILES string of the molecule is O=C(O)c1ccc(Cl)c(S(=O)(=O)N2CCCO2)c1. The van der Waals surface area contributed by atoms with Gasteiger partial charge in [0.15, 0.2) is 0 Å². The van der Waals surface area contributed by atoms with E-state index in [1.807, 2.05) is 0 Å². The summed E-state index contributed by atoms with van der Waals surface area (Å²) in [6.07, 6.45) is 0.593. The van der Waals surface area contributed by atoms with E-state index in [9.17, 15) is 13.2 Å². The molecule has 0 amide bonds. The van der Waals surface area contributed by atoms with Crippen molar-refractivity contribution >= 4 is 27.6 Å². The van der Waals surface area contributed by atoms with Gasteiger partial charge in [-0.1, -0.05) is 16.1 Å². The Hall–Kier alpha value is -1.15. The number of carboxylic acid groups (broad SMARTS) is 1. The number of nitrogens with zero attached hydrogens (tertiary/aromatic N) is 1. The molecular weight excluding hydrogens is 282 g/mol. The van der Waals surface area contributed by atoms with Gasteiger partial charge >= 0.3 is 5.97 Å². The first-order valence-electron chi connectivity index (χ1n) is 5.11. The summed E-state index contributed by atoms with van der Waals surface area (Å²) in [7, 11) is -3.91. The molecule has 6 nitrogen and oxygen atoms in total. The summed E-state index contributed by atoms with van der Waals surface area (Å²) in [5.41, 5.74) is -0.142. The summed E-state index contributed by atoms with van der Waals surface area (Å²) in [6, 6.07) is 3.52. The van der Waals surface area contributed by atoms with Crippen molar-refractivity contribution in [3.05, 3.63) is 28.8 Å². The highest BCUT2D eigenvalue weighted by molar-refractivity contribution is 7.89. The monoisotopic (exact) mass is 291 g/mol. The molecule has 1 aliphatic rings. The zero-order valence-electron chi connectivity index (χ0n) is 9.17. The van der Waals surface area contributed by atoms with E-state index in [-0.39, 0.29) is 22.0 Å². The molecule has 2 rings (SSSR count). The first-order chi connectivity index (χ1) is 8.43. The van der Waals surface area contributed by atoms with Gasteiger partial charge in [0, 0.05) is 6.54 Å². The molecule has 1 aromatic carbocycles. The number of halogens is 1. The van der Waals surface area contributed by atoms with Gasteiger partial charge in [0.1, 0.15) is 4.90 Å². The maximum absolute atomic E-state index is 12.2. The van der Waals surface area contributed by atoms with Crippen LogP contribution >= 0.6 is 11.6 Å². The lowest BCUT2D eigenvalue weighted by molar-refractivity contribution is -0.0284. The third-order valence-electron chi connectivity index (χ3n) is 2.44. The van der Waals surface area contributed by atoms with E-state index in [1.54, 1.807) is 0 Å². The third-order valence-corrected chi connectivity index (χ3v) is 4.60. The number of carboxylic acids is 1. The fraction of sp³-hybridized carbons (Fsp3) is 0.300. The Kier molecular flexibility index (Phi) is 3.58. The summed E-state index contributed by atoms with van der Waals surface area (Å²) in [5.74, 6) is -1.22. The van der Waals surface area contributed by atoms with Gasteiger partial charge in [0.25, 0.3) is 10.0 Å². The minimum absolute atomic E-state index is 0.0319. The number of hydrogen-bond donors (Lipinski definition) is 1. The van der Waals surface area contributed by atoms with Crippen LogP contribution in [0.25, 0.3) is 0 Å². The largest absolute Gasteiger partial charge is 0.478 e. The number of hydrogen-bond acceptors (Lipinski definition) is 4. The zero-order valence-corrected chi connectivity index (χ0v) is 10.7. The smallest absolute Gasteiger partial charge is 0.335 e. The topological polar surface area (TPSA) is 83.9 Å². The molecule has 1 aromatic rings. The minimum atomic E-state index is -3.91. The summed E-state index contributed by atoms with van der Waals surface area (Å²) in [6.45, 7) is 0.547. The Bertz CT molecular complexity index is 580. The van der Waals surface area contributed by atoms with Gasteiger partial charge < -0.3 is 5.11 Å². The Balaban J connectivity index is 2.49. The van der Waals surface area contributed by atoms with E-state index in [0.29, 0.717) is 13.0 Å². The number of aromatic carboxylic acids is 1. The third kappa shape index (κ3) is 2.35. The maximum atomic E-state index is 12.2. The van der Waals surface area contributed by atoms with Gasteiger partial charge in [0.2, 0.25) is 0 Å². The fourth-order valence-electron chi connectivity index (χ4n) is 1.56. The lowest BCUT2D eigenvalue weighted by Gasteiger charge is -2.15. The van der Waals surface area contributed by atoms with Crippen LogP contribution in [-0.2, 0) is 14.9 Å². The molecule has 0 unspecified atom stereocenters. The van der Waals surface area contributed by atoms with Crippen molar-refractivity contribution in [2.24, 2.45) is 0 Å². The van der Waals surface area contributed by atoms with Gasteiger partial charge in [-0.05, 0) is 24.6 Å². The molecule has 1 saturated heterocycles. The molecule has 0 spiro atoms. The van der Waals surface area contributed by atoms with E-state index in [4.69, 9.17) is 21.5 Å². The zero-order chi connectivity index (χ0) is 13.3. The minimum Gasteiger partial charge on any atom is -0.478 e. The van der Waals surface area contributed by atoms with E-state index >= 15 is 0 Å². The number of rotatable bonds is 3. The first-order valence-corrected chi connectivity index (χ1v) is 6.93. The highest BCUT2D eigenvalue weighted by Gasteiger charge is 2.31.